The number of anilines is 1. The monoisotopic (exact) mass is 370 g/mol. The molecule has 0 fully saturated rings. The number of rotatable bonds is 3. The molecule has 0 aliphatic rings. The van der Waals surface area contributed by atoms with Crippen molar-refractivity contribution in [1.82, 2.24) is 4.98 Å². The van der Waals surface area contributed by atoms with Gasteiger partial charge in [0, 0.05) is 0 Å². The Morgan fingerprint density at radius 1 is 1.26 bits per heavy atom. The van der Waals surface area contributed by atoms with E-state index in [0.29, 0.717) is 21.0 Å². The van der Waals surface area contributed by atoms with Gasteiger partial charge in [-0.15, -0.1) is 0 Å². The first-order valence-corrected chi connectivity index (χ1v) is 7.97. The summed E-state index contributed by atoms with van der Waals surface area (Å²) in [6, 6.07) is 7.40. The van der Waals surface area contributed by atoms with Crippen molar-refractivity contribution in [2.24, 2.45) is 0 Å². The summed E-state index contributed by atoms with van der Waals surface area (Å²) in [6.07, 6.45) is 0. The number of thiazole rings is 1. The molecule has 0 atom stereocenters. The average Bonchev–Trinajstić information content (AvgIpc) is 2.92. The van der Waals surface area contributed by atoms with Crippen molar-refractivity contribution in [3.8, 4) is 5.75 Å². The highest BCUT2D eigenvalue weighted by atomic mass is 35.5. The Morgan fingerprint density at radius 3 is 2.74 bits per heavy atom. The standard InChI is InChI=1S/C15H9Cl2FN2O2S/c1-22-10-6-5-8(17)13-12(10)19-15(23-13)20-14(21)11-7(16)3-2-4-9(11)18/h2-6H,1H3,(H,19,20,21). The molecule has 0 radical (unpaired) electrons. The van der Waals surface area contributed by atoms with Crippen molar-refractivity contribution in [2.75, 3.05) is 12.4 Å². The second kappa shape index (κ2) is 6.31. The molecule has 1 heterocycles. The normalized spacial score (nSPS) is 10.8. The molecule has 1 amide bonds. The van der Waals surface area contributed by atoms with Crippen molar-refractivity contribution in [2.45, 2.75) is 0 Å². The van der Waals surface area contributed by atoms with E-state index in [2.05, 4.69) is 10.3 Å². The predicted octanol–water partition coefficient (Wildman–Crippen LogP) is 5.00. The molecule has 1 N–H and O–H groups in total. The van der Waals surface area contributed by atoms with Crippen LogP contribution in [0, 0.1) is 5.82 Å². The van der Waals surface area contributed by atoms with Gasteiger partial charge in [0.05, 0.1) is 27.4 Å². The number of aromatic nitrogens is 1. The Hall–Kier alpha value is -1.89. The van der Waals surface area contributed by atoms with E-state index in [1.165, 1.54) is 36.6 Å². The lowest BCUT2D eigenvalue weighted by atomic mass is 10.2. The van der Waals surface area contributed by atoms with Gasteiger partial charge in [0.2, 0.25) is 0 Å². The van der Waals surface area contributed by atoms with Crippen LogP contribution in [0.2, 0.25) is 10.0 Å². The molecule has 0 unspecified atom stereocenters. The van der Waals surface area contributed by atoms with Gasteiger partial charge in [0.15, 0.2) is 5.13 Å². The number of nitrogens with zero attached hydrogens (tertiary/aromatic N) is 1. The molecule has 0 aliphatic heterocycles. The van der Waals surface area contributed by atoms with Crippen LogP contribution in [0.3, 0.4) is 0 Å². The maximum absolute atomic E-state index is 13.8. The molecular weight excluding hydrogens is 362 g/mol. The second-order valence-electron chi connectivity index (χ2n) is 4.50. The minimum absolute atomic E-state index is 0.0271. The van der Waals surface area contributed by atoms with Crippen LogP contribution < -0.4 is 10.1 Å². The fourth-order valence-corrected chi connectivity index (χ4v) is 3.44. The smallest absolute Gasteiger partial charge is 0.261 e. The van der Waals surface area contributed by atoms with E-state index in [4.69, 9.17) is 27.9 Å². The molecule has 1 aromatic heterocycles. The number of methoxy groups -OCH3 is 1. The molecule has 0 saturated carbocycles. The van der Waals surface area contributed by atoms with E-state index < -0.39 is 11.7 Å². The van der Waals surface area contributed by atoms with Crippen LogP contribution in [0.1, 0.15) is 10.4 Å². The minimum Gasteiger partial charge on any atom is -0.494 e. The van der Waals surface area contributed by atoms with Crippen LogP contribution in [0.4, 0.5) is 9.52 Å². The lowest BCUT2D eigenvalue weighted by Crippen LogP contribution is -2.14. The van der Waals surface area contributed by atoms with E-state index in [1.807, 2.05) is 0 Å². The van der Waals surface area contributed by atoms with Crippen LogP contribution in [0.25, 0.3) is 10.2 Å². The molecule has 0 aliphatic carbocycles. The van der Waals surface area contributed by atoms with E-state index in [1.54, 1.807) is 12.1 Å². The summed E-state index contributed by atoms with van der Waals surface area (Å²) < 4.78 is 19.7. The highest BCUT2D eigenvalue weighted by Crippen LogP contribution is 2.37. The third-order valence-corrected chi connectivity index (χ3v) is 4.83. The zero-order chi connectivity index (χ0) is 16.6. The number of hydrogen-bond donors (Lipinski definition) is 1. The summed E-state index contributed by atoms with van der Waals surface area (Å²) in [5.41, 5.74) is 0.298. The quantitative estimate of drug-likeness (QED) is 0.705. The number of benzene rings is 2. The van der Waals surface area contributed by atoms with Gasteiger partial charge in [-0.05, 0) is 24.3 Å². The van der Waals surface area contributed by atoms with Crippen molar-refractivity contribution < 1.29 is 13.9 Å². The predicted molar refractivity (Wildman–Crippen MR) is 90.5 cm³/mol. The Morgan fingerprint density at radius 2 is 2.04 bits per heavy atom. The molecular formula is C15H9Cl2FN2O2S. The first kappa shape index (κ1) is 16.0. The molecule has 118 valence electrons. The van der Waals surface area contributed by atoms with Crippen molar-refractivity contribution >= 4 is 55.8 Å². The van der Waals surface area contributed by atoms with E-state index in [-0.39, 0.29) is 15.7 Å². The number of fused-ring (bicyclic) bond motifs is 1. The SMILES string of the molecule is COc1ccc(Cl)c2sc(NC(=O)c3c(F)cccc3Cl)nc12. The number of hydrogen-bond acceptors (Lipinski definition) is 4. The first-order valence-electron chi connectivity index (χ1n) is 6.39. The summed E-state index contributed by atoms with van der Waals surface area (Å²) >= 11 is 13.2. The van der Waals surface area contributed by atoms with Crippen LogP contribution in [-0.2, 0) is 0 Å². The van der Waals surface area contributed by atoms with Gasteiger partial charge in [-0.3, -0.25) is 10.1 Å². The molecule has 0 bridgehead atoms. The number of nitrogens with one attached hydrogen (secondary N) is 1. The zero-order valence-electron chi connectivity index (χ0n) is 11.7. The number of ether oxygens (including phenoxy) is 1. The molecule has 4 nitrogen and oxygen atoms in total. The first-order chi connectivity index (χ1) is 11.0. The number of carbonyl (C=O) groups excluding carboxylic acids is 1. The van der Waals surface area contributed by atoms with Gasteiger partial charge in [-0.2, -0.15) is 0 Å². The summed E-state index contributed by atoms with van der Waals surface area (Å²) in [5, 5.41) is 3.33. The fraction of sp³-hybridized carbons (Fsp3) is 0.0667. The van der Waals surface area contributed by atoms with Gasteiger partial charge in [-0.1, -0.05) is 40.6 Å². The summed E-state index contributed by atoms with van der Waals surface area (Å²) in [7, 11) is 1.51. The number of halogens is 3. The largest absolute Gasteiger partial charge is 0.494 e. The summed E-state index contributed by atoms with van der Waals surface area (Å²) in [6.45, 7) is 0. The van der Waals surface area contributed by atoms with E-state index in [0.717, 1.165) is 0 Å². The molecule has 0 saturated heterocycles. The lowest BCUT2D eigenvalue weighted by molar-refractivity contribution is 0.102. The van der Waals surface area contributed by atoms with Gasteiger partial charge in [0.25, 0.3) is 5.91 Å². The van der Waals surface area contributed by atoms with Gasteiger partial charge < -0.3 is 4.74 Å². The topological polar surface area (TPSA) is 51.2 Å². The van der Waals surface area contributed by atoms with Crippen molar-refractivity contribution in [1.29, 1.82) is 0 Å². The Kier molecular flexibility index (Phi) is 4.39. The number of carbonyl (C=O) groups is 1. The van der Waals surface area contributed by atoms with Gasteiger partial charge >= 0.3 is 0 Å². The Labute approximate surface area is 144 Å². The maximum atomic E-state index is 13.8. The van der Waals surface area contributed by atoms with Gasteiger partial charge in [-0.25, -0.2) is 9.37 Å². The van der Waals surface area contributed by atoms with Crippen molar-refractivity contribution in [3.05, 3.63) is 51.8 Å². The van der Waals surface area contributed by atoms with E-state index in [9.17, 15) is 9.18 Å². The molecule has 3 aromatic rings. The molecule has 3 rings (SSSR count). The van der Waals surface area contributed by atoms with Crippen LogP contribution in [0.15, 0.2) is 30.3 Å². The van der Waals surface area contributed by atoms with Crippen LogP contribution in [0.5, 0.6) is 5.75 Å². The second-order valence-corrected chi connectivity index (χ2v) is 6.31. The highest BCUT2D eigenvalue weighted by Gasteiger charge is 2.19. The minimum atomic E-state index is -0.702. The summed E-state index contributed by atoms with van der Waals surface area (Å²) in [5.74, 6) is -0.848. The van der Waals surface area contributed by atoms with E-state index >= 15 is 0 Å². The fourth-order valence-electron chi connectivity index (χ4n) is 2.05. The third kappa shape index (κ3) is 2.97. The molecule has 0 spiro atoms. The zero-order valence-corrected chi connectivity index (χ0v) is 14.0. The Bertz CT molecular complexity index is 894. The highest BCUT2D eigenvalue weighted by molar-refractivity contribution is 7.23. The maximum Gasteiger partial charge on any atom is 0.261 e. The molecule has 2 aromatic carbocycles. The summed E-state index contributed by atoms with van der Waals surface area (Å²) in [4.78, 5) is 16.5. The number of amides is 1. The van der Waals surface area contributed by atoms with Gasteiger partial charge in [0.1, 0.15) is 17.1 Å². The average molecular weight is 371 g/mol. The molecule has 8 heteroatoms. The Balaban J connectivity index is 1.99. The molecule has 23 heavy (non-hydrogen) atoms. The van der Waals surface area contributed by atoms with Crippen LogP contribution >= 0.6 is 34.5 Å². The van der Waals surface area contributed by atoms with Crippen molar-refractivity contribution in [3.63, 3.8) is 0 Å². The third-order valence-electron chi connectivity index (χ3n) is 3.09. The lowest BCUT2D eigenvalue weighted by Gasteiger charge is -2.04. The van der Waals surface area contributed by atoms with Crippen LogP contribution in [-0.4, -0.2) is 18.0 Å².